The highest BCUT2D eigenvalue weighted by atomic mass is 32.2. The van der Waals surface area contributed by atoms with Crippen LogP contribution in [0.2, 0.25) is 0 Å². The summed E-state index contributed by atoms with van der Waals surface area (Å²) in [5, 5.41) is 0. The standard InChI is InChI=1S/C19H23N3O3S/c1-14-11-16(12-18(23)21(14)2)25-15-5-9-22(10-6-15)19(24)13-26-17-3-7-20-8-4-17/h3-4,7-8,11-12,15H,5-6,9-10,13H2,1-2H3. The summed E-state index contributed by atoms with van der Waals surface area (Å²) in [6, 6.07) is 7.22. The molecule has 26 heavy (non-hydrogen) atoms. The summed E-state index contributed by atoms with van der Waals surface area (Å²) < 4.78 is 7.56. The van der Waals surface area contributed by atoms with Crippen molar-refractivity contribution in [3.8, 4) is 5.75 Å². The van der Waals surface area contributed by atoms with Crippen LogP contribution in [-0.4, -0.2) is 45.3 Å². The molecule has 0 unspecified atom stereocenters. The molecule has 138 valence electrons. The number of aryl methyl sites for hydroxylation is 1. The highest BCUT2D eigenvalue weighted by Gasteiger charge is 2.24. The van der Waals surface area contributed by atoms with Gasteiger partial charge < -0.3 is 14.2 Å². The monoisotopic (exact) mass is 373 g/mol. The van der Waals surface area contributed by atoms with Crippen molar-refractivity contribution in [3.63, 3.8) is 0 Å². The van der Waals surface area contributed by atoms with Crippen LogP contribution in [0.15, 0.2) is 46.3 Å². The number of amides is 1. The zero-order valence-electron chi connectivity index (χ0n) is 15.1. The number of hydrogen-bond donors (Lipinski definition) is 0. The molecule has 3 rings (SSSR count). The van der Waals surface area contributed by atoms with Gasteiger partial charge in [0, 0.05) is 62.0 Å². The lowest BCUT2D eigenvalue weighted by Crippen LogP contribution is -2.42. The van der Waals surface area contributed by atoms with Gasteiger partial charge in [0.05, 0.1) is 5.75 Å². The van der Waals surface area contributed by atoms with Gasteiger partial charge in [-0.1, -0.05) is 0 Å². The highest BCUT2D eigenvalue weighted by molar-refractivity contribution is 8.00. The fourth-order valence-corrected chi connectivity index (χ4v) is 3.68. The first-order valence-corrected chi connectivity index (χ1v) is 9.66. The lowest BCUT2D eigenvalue weighted by Gasteiger charge is -2.32. The fourth-order valence-electron chi connectivity index (χ4n) is 2.89. The first-order valence-electron chi connectivity index (χ1n) is 8.68. The van der Waals surface area contributed by atoms with Crippen molar-refractivity contribution >= 4 is 17.7 Å². The fraction of sp³-hybridized carbons (Fsp3) is 0.421. The molecule has 0 spiro atoms. The molecule has 0 bridgehead atoms. The molecule has 1 aliphatic heterocycles. The molecule has 7 heteroatoms. The minimum Gasteiger partial charge on any atom is -0.490 e. The van der Waals surface area contributed by atoms with Crippen LogP contribution in [0.1, 0.15) is 18.5 Å². The number of rotatable bonds is 5. The second-order valence-electron chi connectivity index (χ2n) is 6.40. The Bertz CT molecular complexity index is 815. The summed E-state index contributed by atoms with van der Waals surface area (Å²) in [7, 11) is 1.75. The Morgan fingerprint density at radius 1 is 1.27 bits per heavy atom. The third-order valence-electron chi connectivity index (χ3n) is 4.59. The minimum atomic E-state index is -0.0687. The molecule has 1 saturated heterocycles. The first-order chi connectivity index (χ1) is 12.5. The quantitative estimate of drug-likeness (QED) is 0.752. The van der Waals surface area contributed by atoms with E-state index in [1.807, 2.05) is 30.0 Å². The number of nitrogens with zero attached hydrogens (tertiary/aromatic N) is 3. The van der Waals surface area contributed by atoms with Gasteiger partial charge in [0.15, 0.2) is 0 Å². The molecule has 0 atom stereocenters. The van der Waals surface area contributed by atoms with E-state index in [2.05, 4.69) is 4.98 Å². The topological polar surface area (TPSA) is 64.4 Å². The molecule has 0 aromatic carbocycles. The smallest absolute Gasteiger partial charge is 0.254 e. The normalized spacial score (nSPS) is 15.1. The van der Waals surface area contributed by atoms with Gasteiger partial charge in [-0.15, -0.1) is 11.8 Å². The molecular weight excluding hydrogens is 350 g/mol. The number of hydrogen-bond acceptors (Lipinski definition) is 5. The largest absolute Gasteiger partial charge is 0.490 e. The molecule has 1 aliphatic rings. The van der Waals surface area contributed by atoms with Gasteiger partial charge in [0.2, 0.25) is 5.91 Å². The average molecular weight is 373 g/mol. The predicted molar refractivity (Wildman–Crippen MR) is 102 cm³/mol. The summed E-state index contributed by atoms with van der Waals surface area (Å²) in [5.74, 6) is 1.20. The molecule has 1 amide bonds. The van der Waals surface area contributed by atoms with Crippen molar-refractivity contribution in [3.05, 3.63) is 52.7 Å². The number of carbonyl (C=O) groups is 1. The second kappa shape index (κ2) is 8.40. The Hall–Kier alpha value is -2.28. The Morgan fingerprint density at radius 3 is 2.62 bits per heavy atom. The number of ether oxygens (including phenoxy) is 1. The summed E-state index contributed by atoms with van der Waals surface area (Å²) in [4.78, 5) is 31.1. The Morgan fingerprint density at radius 2 is 1.96 bits per heavy atom. The van der Waals surface area contributed by atoms with Crippen LogP contribution in [0.5, 0.6) is 5.75 Å². The molecule has 0 saturated carbocycles. The van der Waals surface area contributed by atoms with Crippen LogP contribution < -0.4 is 10.3 Å². The predicted octanol–water partition coefficient (Wildman–Crippen LogP) is 2.25. The number of thioether (sulfide) groups is 1. The third kappa shape index (κ3) is 4.66. The number of pyridine rings is 2. The molecule has 2 aromatic heterocycles. The summed E-state index contributed by atoms with van der Waals surface area (Å²) in [5.41, 5.74) is 0.800. The Kier molecular flexibility index (Phi) is 5.98. The van der Waals surface area contributed by atoms with E-state index < -0.39 is 0 Å². The lowest BCUT2D eigenvalue weighted by molar-refractivity contribution is -0.130. The van der Waals surface area contributed by atoms with Gasteiger partial charge in [0.25, 0.3) is 5.56 Å². The Balaban J connectivity index is 1.48. The van der Waals surface area contributed by atoms with E-state index in [1.165, 1.54) is 17.8 Å². The lowest BCUT2D eigenvalue weighted by atomic mass is 10.1. The summed E-state index contributed by atoms with van der Waals surface area (Å²) in [6.07, 6.45) is 5.06. The molecule has 3 heterocycles. The van der Waals surface area contributed by atoms with Crippen molar-refractivity contribution in [1.82, 2.24) is 14.5 Å². The van der Waals surface area contributed by atoms with E-state index in [4.69, 9.17) is 4.74 Å². The maximum atomic E-state index is 12.4. The van der Waals surface area contributed by atoms with E-state index in [9.17, 15) is 9.59 Å². The van der Waals surface area contributed by atoms with Crippen LogP contribution in [0.25, 0.3) is 0 Å². The van der Waals surface area contributed by atoms with Crippen molar-refractivity contribution in [2.75, 3.05) is 18.8 Å². The van der Waals surface area contributed by atoms with E-state index in [0.717, 1.165) is 23.4 Å². The SMILES string of the molecule is Cc1cc(OC2CCN(C(=O)CSc3ccncc3)CC2)cc(=O)n1C. The van der Waals surface area contributed by atoms with Crippen molar-refractivity contribution in [1.29, 1.82) is 0 Å². The molecule has 2 aromatic rings. The van der Waals surface area contributed by atoms with Gasteiger partial charge in [-0.05, 0) is 25.1 Å². The van der Waals surface area contributed by atoms with Crippen LogP contribution >= 0.6 is 11.8 Å². The third-order valence-corrected chi connectivity index (χ3v) is 5.58. The van der Waals surface area contributed by atoms with E-state index in [0.29, 0.717) is 24.6 Å². The van der Waals surface area contributed by atoms with E-state index >= 15 is 0 Å². The van der Waals surface area contributed by atoms with Crippen molar-refractivity contribution < 1.29 is 9.53 Å². The summed E-state index contributed by atoms with van der Waals surface area (Å²) in [6.45, 7) is 3.25. The van der Waals surface area contributed by atoms with Crippen LogP contribution in [-0.2, 0) is 11.8 Å². The highest BCUT2D eigenvalue weighted by Crippen LogP contribution is 2.21. The Labute approximate surface area is 157 Å². The van der Waals surface area contributed by atoms with Gasteiger partial charge in [-0.25, -0.2) is 0 Å². The molecular formula is C19H23N3O3S. The van der Waals surface area contributed by atoms with E-state index in [1.54, 1.807) is 24.0 Å². The zero-order valence-corrected chi connectivity index (χ0v) is 15.9. The molecule has 1 fully saturated rings. The molecule has 0 radical (unpaired) electrons. The number of carbonyl (C=O) groups excluding carboxylic acids is 1. The molecule has 6 nitrogen and oxygen atoms in total. The van der Waals surface area contributed by atoms with Crippen molar-refractivity contribution in [2.45, 2.75) is 30.8 Å². The number of aromatic nitrogens is 2. The van der Waals surface area contributed by atoms with Crippen LogP contribution in [0, 0.1) is 6.92 Å². The van der Waals surface area contributed by atoms with Gasteiger partial charge in [0.1, 0.15) is 11.9 Å². The number of likely N-dealkylation sites (tertiary alicyclic amines) is 1. The summed E-state index contributed by atoms with van der Waals surface area (Å²) >= 11 is 1.53. The maximum Gasteiger partial charge on any atom is 0.254 e. The zero-order chi connectivity index (χ0) is 18.5. The van der Waals surface area contributed by atoms with Gasteiger partial charge in [-0.3, -0.25) is 14.6 Å². The average Bonchev–Trinajstić information content (AvgIpc) is 2.65. The molecule has 0 aliphatic carbocycles. The van der Waals surface area contributed by atoms with Crippen LogP contribution in [0.4, 0.5) is 0 Å². The van der Waals surface area contributed by atoms with Crippen molar-refractivity contribution in [2.24, 2.45) is 7.05 Å². The number of piperidine rings is 1. The van der Waals surface area contributed by atoms with Crippen LogP contribution in [0.3, 0.4) is 0 Å². The second-order valence-corrected chi connectivity index (χ2v) is 7.45. The maximum absolute atomic E-state index is 12.4. The van der Waals surface area contributed by atoms with Gasteiger partial charge in [-0.2, -0.15) is 0 Å². The van der Waals surface area contributed by atoms with E-state index in [-0.39, 0.29) is 17.6 Å². The first kappa shape index (κ1) is 18.5. The molecule has 0 N–H and O–H groups in total. The minimum absolute atomic E-state index is 0.0402. The van der Waals surface area contributed by atoms with Gasteiger partial charge >= 0.3 is 0 Å².